The van der Waals surface area contributed by atoms with E-state index in [1.165, 1.54) is 16.2 Å². The average molecular weight is 367 g/mol. The second-order valence-corrected chi connectivity index (χ2v) is 9.49. The van der Waals surface area contributed by atoms with Gasteiger partial charge in [0.1, 0.15) is 0 Å². The molecule has 138 valence electrons. The van der Waals surface area contributed by atoms with E-state index in [9.17, 15) is 13.2 Å². The van der Waals surface area contributed by atoms with Crippen LogP contribution in [0.3, 0.4) is 0 Å². The van der Waals surface area contributed by atoms with Gasteiger partial charge in [-0.1, -0.05) is 18.2 Å². The van der Waals surface area contributed by atoms with E-state index in [-0.39, 0.29) is 23.5 Å². The maximum Gasteiger partial charge on any atom is 0.277 e. The first-order chi connectivity index (χ1) is 11.9. The van der Waals surface area contributed by atoms with Crippen molar-refractivity contribution in [3.63, 3.8) is 0 Å². The molecule has 1 N–H and O–H groups in total. The molecule has 0 aromatic heterocycles. The minimum Gasteiger partial charge on any atom is -0.360 e. The minimum atomic E-state index is -2.96. The number of hydrogen-bond donors (Lipinski definition) is 1. The molecule has 0 saturated carbocycles. The second-order valence-electron chi connectivity index (χ2n) is 7.26. The molecule has 2 fully saturated rings. The number of benzene rings is 1. The van der Waals surface area contributed by atoms with Gasteiger partial charge in [-0.3, -0.25) is 4.79 Å². The fourth-order valence-electron chi connectivity index (χ4n) is 3.78. The molecule has 2 heterocycles. The number of nitrogens with zero attached hydrogens (tertiary/aromatic N) is 2. The number of carbonyl (C=O) groups excluding carboxylic acids is 1. The van der Waals surface area contributed by atoms with Gasteiger partial charge in [-0.2, -0.15) is 0 Å². The van der Waals surface area contributed by atoms with Gasteiger partial charge in [0, 0.05) is 18.8 Å². The second kappa shape index (κ2) is 7.33. The highest BCUT2D eigenvalue weighted by atomic mass is 32.2. The molecule has 25 heavy (non-hydrogen) atoms. The number of sulfone groups is 1. The van der Waals surface area contributed by atoms with Crippen LogP contribution in [0.1, 0.15) is 12.0 Å². The molecule has 6 nitrogen and oxygen atoms in total. The maximum atomic E-state index is 12.5. The Balaban J connectivity index is 1.50. The summed E-state index contributed by atoms with van der Waals surface area (Å²) >= 11 is 0. The number of aryl methyl sites for hydroxylation is 1. The standard InChI is InChI=1S/C18H27N3O3S/c1-15-5-3-4-6-17(15)21-10-8-20(9-11-21)13-18(22)19(2)16-7-12-25(23,24)14-16/h3-6,16H,7-14H2,1-2H3/p+1/t16-/m1/s1. The molecule has 2 aliphatic heterocycles. The highest BCUT2D eigenvalue weighted by molar-refractivity contribution is 7.91. The quantitative estimate of drug-likeness (QED) is 0.769. The summed E-state index contributed by atoms with van der Waals surface area (Å²) in [5.74, 6) is 0.379. The number of para-hydroxylation sites is 1. The van der Waals surface area contributed by atoms with Crippen LogP contribution in [0.4, 0.5) is 5.69 Å². The molecule has 0 aliphatic carbocycles. The lowest BCUT2D eigenvalue weighted by Crippen LogP contribution is -3.16. The van der Waals surface area contributed by atoms with Crippen LogP contribution in [0.5, 0.6) is 0 Å². The van der Waals surface area contributed by atoms with Crippen LogP contribution in [0.25, 0.3) is 0 Å². The molecule has 3 rings (SSSR count). The molecule has 1 aromatic carbocycles. The largest absolute Gasteiger partial charge is 0.360 e. The summed E-state index contributed by atoms with van der Waals surface area (Å²) in [4.78, 5) is 17.8. The van der Waals surface area contributed by atoms with Crippen molar-refractivity contribution in [3.8, 4) is 0 Å². The van der Waals surface area contributed by atoms with Crippen molar-refractivity contribution in [1.29, 1.82) is 0 Å². The third kappa shape index (κ3) is 4.33. The molecule has 0 spiro atoms. The molecule has 0 bridgehead atoms. The van der Waals surface area contributed by atoms with Gasteiger partial charge in [0.25, 0.3) is 5.91 Å². The number of amides is 1. The molecule has 2 aliphatic rings. The Hall–Kier alpha value is -1.60. The van der Waals surface area contributed by atoms with Crippen molar-refractivity contribution in [2.24, 2.45) is 0 Å². The van der Waals surface area contributed by atoms with Gasteiger partial charge in [0.05, 0.1) is 37.7 Å². The van der Waals surface area contributed by atoms with E-state index < -0.39 is 9.84 Å². The maximum absolute atomic E-state index is 12.5. The number of piperazine rings is 1. The first-order valence-corrected chi connectivity index (χ1v) is 10.8. The summed E-state index contributed by atoms with van der Waals surface area (Å²) in [7, 11) is -1.21. The van der Waals surface area contributed by atoms with Crippen molar-refractivity contribution in [3.05, 3.63) is 29.8 Å². The smallest absolute Gasteiger partial charge is 0.277 e. The zero-order valence-corrected chi connectivity index (χ0v) is 15.9. The Kier molecular flexibility index (Phi) is 5.34. The number of anilines is 1. The van der Waals surface area contributed by atoms with Crippen molar-refractivity contribution >= 4 is 21.4 Å². The minimum absolute atomic E-state index is 0.0569. The predicted octanol–water partition coefficient (Wildman–Crippen LogP) is -0.655. The van der Waals surface area contributed by atoms with Gasteiger partial charge < -0.3 is 14.7 Å². The van der Waals surface area contributed by atoms with Crippen molar-refractivity contribution in [2.45, 2.75) is 19.4 Å². The topological polar surface area (TPSA) is 62.1 Å². The first-order valence-electron chi connectivity index (χ1n) is 8.96. The monoisotopic (exact) mass is 366 g/mol. The van der Waals surface area contributed by atoms with E-state index in [0.717, 1.165) is 26.2 Å². The highest BCUT2D eigenvalue weighted by Crippen LogP contribution is 2.19. The molecule has 0 radical (unpaired) electrons. The number of likely N-dealkylation sites (N-methyl/N-ethyl adjacent to an activating group) is 1. The zero-order valence-electron chi connectivity index (χ0n) is 15.1. The van der Waals surface area contributed by atoms with E-state index in [1.807, 2.05) is 0 Å². The number of nitrogens with one attached hydrogen (secondary N) is 1. The van der Waals surface area contributed by atoms with Gasteiger partial charge in [-0.05, 0) is 25.0 Å². The van der Waals surface area contributed by atoms with E-state index in [0.29, 0.717) is 13.0 Å². The third-order valence-electron chi connectivity index (χ3n) is 5.48. The van der Waals surface area contributed by atoms with Crippen molar-refractivity contribution in [1.82, 2.24) is 4.90 Å². The Morgan fingerprint density at radius 2 is 1.96 bits per heavy atom. The summed E-state index contributed by atoms with van der Waals surface area (Å²) in [5, 5.41) is 0. The number of rotatable bonds is 4. The molecule has 2 saturated heterocycles. The van der Waals surface area contributed by atoms with E-state index in [1.54, 1.807) is 11.9 Å². The zero-order chi connectivity index (χ0) is 18.0. The van der Waals surface area contributed by atoms with Crippen LogP contribution in [0.15, 0.2) is 24.3 Å². The Morgan fingerprint density at radius 3 is 2.56 bits per heavy atom. The fourth-order valence-corrected chi connectivity index (χ4v) is 5.56. The van der Waals surface area contributed by atoms with Gasteiger partial charge in [-0.25, -0.2) is 8.42 Å². The number of hydrogen-bond acceptors (Lipinski definition) is 4. The SMILES string of the molecule is Cc1ccccc1N1CC[NH+](CC(=O)N(C)[C@@H]2CCS(=O)(=O)C2)CC1. The lowest BCUT2D eigenvalue weighted by atomic mass is 10.1. The molecule has 1 aromatic rings. The Labute approximate surface area is 150 Å². The Bertz CT molecular complexity index is 727. The summed E-state index contributed by atoms with van der Waals surface area (Å²) < 4.78 is 23.2. The molecule has 1 amide bonds. The van der Waals surface area contributed by atoms with Crippen LogP contribution in [-0.4, -0.2) is 76.5 Å². The first kappa shape index (κ1) is 18.2. The molecular formula is C18H28N3O3S+. The van der Waals surface area contributed by atoms with E-state index >= 15 is 0 Å². The highest BCUT2D eigenvalue weighted by Gasteiger charge is 2.34. The van der Waals surface area contributed by atoms with Crippen LogP contribution >= 0.6 is 0 Å². The van der Waals surface area contributed by atoms with Gasteiger partial charge >= 0.3 is 0 Å². The lowest BCUT2D eigenvalue weighted by molar-refractivity contribution is -0.892. The summed E-state index contributed by atoms with van der Waals surface area (Å²) in [6.45, 7) is 6.31. The van der Waals surface area contributed by atoms with Crippen LogP contribution in [0.2, 0.25) is 0 Å². The number of quaternary nitrogens is 1. The van der Waals surface area contributed by atoms with Crippen LogP contribution < -0.4 is 9.80 Å². The van der Waals surface area contributed by atoms with Crippen LogP contribution in [-0.2, 0) is 14.6 Å². The fraction of sp³-hybridized carbons (Fsp3) is 0.611. The van der Waals surface area contributed by atoms with Gasteiger partial charge in [0.2, 0.25) is 0 Å². The third-order valence-corrected chi connectivity index (χ3v) is 7.23. The van der Waals surface area contributed by atoms with Gasteiger partial charge in [0.15, 0.2) is 16.4 Å². The van der Waals surface area contributed by atoms with E-state index in [4.69, 9.17) is 0 Å². The summed E-state index contributed by atoms with van der Waals surface area (Å²) in [6.07, 6.45) is 0.570. The van der Waals surface area contributed by atoms with Gasteiger partial charge in [-0.15, -0.1) is 0 Å². The normalized spacial score (nSPS) is 23.6. The lowest BCUT2D eigenvalue weighted by Gasteiger charge is -2.35. The molecule has 1 atom stereocenters. The predicted molar refractivity (Wildman–Crippen MR) is 98.8 cm³/mol. The van der Waals surface area contributed by atoms with Crippen LogP contribution in [0, 0.1) is 6.92 Å². The number of carbonyl (C=O) groups is 1. The van der Waals surface area contributed by atoms with Crippen molar-refractivity contribution in [2.75, 3.05) is 56.2 Å². The van der Waals surface area contributed by atoms with Crippen molar-refractivity contribution < 1.29 is 18.1 Å². The molecule has 7 heteroatoms. The average Bonchev–Trinajstić information content (AvgIpc) is 2.95. The summed E-state index contributed by atoms with van der Waals surface area (Å²) in [5.41, 5.74) is 2.56. The van der Waals surface area contributed by atoms with E-state index in [2.05, 4.69) is 36.1 Å². The molecular weight excluding hydrogens is 338 g/mol. The summed E-state index contributed by atoms with van der Waals surface area (Å²) in [6, 6.07) is 8.25. The molecule has 0 unspecified atom stereocenters. The Morgan fingerprint density at radius 1 is 1.28 bits per heavy atom.